The van der Waals surface area contributed by atoms with Crippen LogP contribution in [0.2, 0.25) is 0 Å². The summed E-state index contributed by atoms with van der Waals surface area (Å²) in [6, 6.07) is 11.6. The molecule has 0 spiro atoms. The SMILES string of the molecule is Cc1ccc2c(CC(=O)NNC(=S)NCc3ccc4c(c3)OCO4)coc2c1. The number of nitrogens with one attached hydrogen (secondary N) is 3. The summed E-state index contributed by atoms with van der Waals surface area (Å²) in [6.07, 6.45) is 1.80. The molecule has 1 aromatic heterocycles. The molecular formula is C20H19N3O4S. The van der Waals surface area contributed by atoms with Crippen LogP contribution in [-0.4, -0.2) is 17.8 Å². The zero-order valence-corrected chi connectivity index (χ0v) is 16.0. The highest BCUT2D eigenvalue weighted by atomic mass is 32.1. The average Bonchev–Trinajstić information content (AvgIpc) is 3.31. The highest BCUT2D eigenvalue weighted by molar-refractivity contribution is 7.80. The molecule has 2 heterocycles. The van der Waals surface area contributed by atoms with Crippen molar-refractivity contribution in [3.63, 3.8) is 0 Å². The Labute approximate surface area is 167 Å². The number of hydrogen-bond acceptors (Lipinski definition) is 5. The van der Waals surface area contributed by atoms with E-state index in [4.69, 9.17) is 26.1 Å². The van der Waals surface area contributed by atoms with E-state index in [0.717, 1.165) is 33.4 Å². The lowest BCUT2D eigenvalue weighted by Crippen LogP contribution is -2.47. The van der Waals surface area contributed by atoms with Crippen LogP contribution in [0.1, 0.15) is 16.7 Å². The number of carbonyl (C=O) groups excluding carboxylic acids is 1. The molecule has 0 fully saturated rings. The molecule has 0 saturated heterocycles. The van der Waals surface area contributed by atoms with Gasteiger partial charge in [0, 0.05) is 17.5 Å². The van der Waals surface area contributed by atoms with Crippen LogP contribution in [0, 0.1) is 6.92 Å². The summed E-state index contributed by atoms with van der Waals surface area (Å²) in [4.78, 5) is 12.2. The summed E-state index contributed by atoms with van der Waals surface area (Å²) in [7, 11) is 0. The Hall–Kier alpha value is -3.26. The smallest absolute Gasteiger partial charge is 0.242 e. The van der Waals surface area contributed by atoms with Crippen molar-refractivity contribution < 1.29 is 18.7 Å². The number of fused-ring (bicyclic) bond motifs is 2. The van der Waals surface area contributed by atoms with Crippen molar-refractivity contribution in [1.29, 1.82) is 0 Å². The van der Waals surface area contributed by atoms with E-state index in [1.165, 1.54) is 0 Å². The van der Waals surface area contributed by atoms with Crippen molar-refractivity contribution in [2.24, 2.45) is 0 Å². The summed E-state index contributed by atoms with van der Waals surface area (Å²) in [5, 5.41) is 4.28. The van der Waals surface area contributed by atoms with Crippen LogP contribution in [0.5, 0.6) is 11.5 Å². The molecule has 0 bridgehead atoms. The normalized spacial score (nSPS) is 12.0. The van der Waals surface area contributed by atoms with E-state index in [1.807, 2.05) is 43.3 Å². The summed E-state index contributed by atoms with van der Waals surface area (Å²) < 4.78 is 16.2. The maximum Gasteiger partial charge on any atom is 0.242 e. The summed E-state index contributed by atoms with van der Waals surface area (Å²) in [6.45, 7) is 2.73. The lowest BCUT2D eigenvalue weighted by Gasteiger charge is -2.11. The molecule has 3 aromatic rings. The minimum absolute atomic E-state index is 0.188. The Balaban J connectivity index is 1.25. The Morgan fingerprint density at radius 2 is 1.96 bits per heavy atom. The van der Waals surface area contributed by atoms with Gasteiger partial charge in [-0.2, -0.15) is 0 Å². The first-order valence-corrected chi connectivity index (χ1v) is 9.17. The lowest BCUT2D eigenvalue weighted by atomic mass is 10.1. The van der Waals surface area contributed by atoms with E-state index in [9.17, 15) is 4.79 Å². The van der Waals surface area contributed by atoms with Crippen LogP contribution in [0.3, 0.4) is 0 Å². The molecule has 0 atom stereocenters. The quantitative estimate of drug-likeness (QED) is 0.461. The van der Waals surface area contributed by atoms with Gasteiger partial charge in [0.1, 0.15) is 5.58 Å². The molecule has 1 aliphatic heterocycles. The van der Waals surface area contributed by atoms with Crippen LogP contribution < -0.4 is 25.6 Å². The van der Waals surface area contributed by atoms with Crippen molar-refractivity contribution in [1.82, 2.24) is 16.2 Å². The Kier molecular flexibility index (Phi) is 5.03. The molecule has 28 heavy (non-hydrogen) atoms. The number of aryl methyl sites for hydroxylation is 1. The van der Waals surface area contributed by atoms with Crippen LogP contribution in [0.15, 0.2) is 47.1 Å². The van der Waals surface area contributed by atoms with E-state index < -0.39 is 0 Å². The molecule has 3 N–H and O–H groups in total. The molecule has 4 rings (SSSR count). The van der Waals surface area contributed by atoms with Gasteiger partial charge in [-0.1, -0.05) is 18.2 Å². The van der Waals surface area contributed by atoms with Crippen LogP contribution in [-0.2, 0) is 17.8 Å². The van der Waals surface area contributed by atoms with E-state index in [1.54, 1.807) is 6.26 Å². The zero-order valence-electron chi connectivity index (χ0n) is 15.2. The number of rotatable bonds is 4. The molecule has 8 heteroatoms. The predicted octanol–water partition coefficient (Wildman–Crippen LogP) is 2.71. The first kappa shape index (κ1) is 18.1. The van der Waals surface area contributed by atoms with Crippen molar-refractivity contribution >= 4 is 34.2 Å². The van der Waals surface area contributed by atoms with E-state index in [2.05, 4.69) is 16.2 Å². The molecule has 0 radical (unpaired) electrons. The van der Waals surface area contributed by atoms with Gasteiger partial charge in [-0.15, -0.1) is 0 Å². The van der Waals surface area contributed by atoms with Gasteiger partial charge < -0.3 is 19.2 Å². The predicted molar refractivity (Wildman–Crippen MR) is 108 cm³/mol. The molecule has 0 aliphatic carbocycles. The highest BCUT2D eigenvalue weighted by Crippen LogP contribution is 2.32. The van der Waals surface area contributed by atoms with Gasteiger partial charge in [0.25, 0.3) is 0 Å². The molecule has 2 aromatic carbocycles. The number of hydrogen-bond donors (Lipinski definition) is 3. The van der Waals surface area contributed by atoms with Crippen molar-refractivity contribution in [3.8, 4) is 11.5 Å². The van der Waals surface area contributed by atoms with Gasteiger partial charge in [0.15, 0.2) is 16.6 Å². The lowest BCUT2D eigenvalue weighted by molar-refractivity contribution is -0.121. The topological polar surface area (TPSA) is 84.8 Å². The standard InChI is InChI=1S/C20H19N3O4S/c1-12-2-4-15-14(10-25-17(15)6-12)8-19(24)22-23-20(28)21-9-13-3-5-16-18(7-13)27-11-26-16/h2-7,10H,8-9,11H2,1H3,(H,22,24)(H2,21,23,28). The largest absolute Gasteiger partial charge is 0.464 e. The number of hydrazine groups is 1. The number of ether oxygens (including phenoxy) is 2. The summed E-state index contributed by atoms with van der Waals surface area (Å²) in [5.74, 6) is 1.24. The van der Waals surface area contributed by atoms with Crippen LogP contribution >= 0.6 is 12.2 Å². The molecule has 0 unspecified atom stereocenters. The van der Waals surface area contributed by atoms with Crippen molar-refractivity contribution in [2.75, 3.05) is 6.79 Å². The first-order valence-electron chi connectivity index (χ1n) is 8.76. The fourth-order valence-electron chi connectivity index (χ4n) is 2.95. The van der Waals surface area contributed by atoms with Gasteiger partial charge in [-0.25, -0.2) is 0 Å². The second kappa shape index (κ2) is 7.77. The van der Waals surface area contributed by atoms with Gasteiger partial charge in [-0.3, -0.25) is 15.6 Å². The maximum absolute atomic E-state index is 12.2. The first-order chi connectivity index (χ1) is 13.6. The highest BCUT2D eigenvalue weighted by Gasteiger charge is 2.13. The Bertz CT molecular complexity index is 1050. The molecular weight excluding hydrogens is 378 g/mol. The minimum atomic E-state index is -0.212. The third kappa shape index (κ3) is 4.01. The fraction of sp³-hybridized carbons (Fsp3) is 0.200. The number of amides is 1. The Morgan fingerprint density at radius 3 is 2.86 bits per heavy atom. The Morgan fingerprint density at radius 1 is 1.11 bits per heavy atom. The van der Waals surface area contributed by atoms with Crippen molar-refractivity contribution in [3.05, 3.63) is 59.4 Å². The minimum Gasteiger partial charge on any atom is -0.464 e. The van der Waals surface area contributed by atoms with Gasteiger partial charge >= 0.3 is 0 Å². The van der Waals surface area contributed by atoms with Gasteiger partial charge in [-0.05, 0) is 48.5 Å². The summed E-state index contributed by atoms with van der Waals surface area (Å²) >= 11 is 5.20. The number of furan rings is 1. The number of benzene rings is 2. The third-order valence-electron chi connectivity index (χ3n) is 4.37. The second-order valence-corrected chi connectivity index (χ2v) is 6.89. The van der Waals surface area contributed by atoms with Gasteiger partial charge in [0.05, 0.1) is 12.7 Å². The molecule has 0 saturated carbocycles. The van der Waals surface area contributed by atoms with E-state index >= 15 is 0 Å². The number of carbonyl (C=O) groups is 1. The number of thiocarbonyl (C=S) groups is 1. The monoisotopic (exact) mass is 397 g/mol. The van der Waals surface area contributed by atoms with Gasteiger partial charge in [0.2, 0.25) is 12.7 Å². The zero-order chi connectivity index (χ0) is 19.5. The third-order valence-corrected chi connectivity index (χ3v) is 4.61. The molecule has 144 valence electrons. The molecule has 7 nitrogen and oxygen atoms in total. The maximum atomic E-state index is 12.2. The van der Waals surface area contributed by atoms with Crippen molar-refractivity contribution in [2.45, 2.75) is 19.9 Å². The summed E-state index contributed by atoms with van der Waals surface area (Å²) in [5.41, 5.74) is 9.00. The van der Waals surface area contributed by atoms with Crippen LogP contribution in [0.25, 0.3) is 11.0 Å². The second-order valence-electron chi connectivity index (χ2n) is 6.48. The average molecular weight is 397 g/mol. The van der Waals surface area contributed by atoms with E-state index in [-0.39, 0.29) is 19.1 Å². The molecule has 1 amide bonds. The van der Waals surface area contributed by atoms with E-state index in [0.29, 0.717) is 17.4 Å². The molecule has 1 aliphatic rings. The van der Waals surface area contributed by atoms with Crippen LogP contribution in [0.4, 0.5) is 0 Å². The fourth-order valence-corrected chi connectivity index (χ4v) is 3.07.